The predicted molar refractivity (Wildman–Crippen MR) is 79.9 cm³/mol. The van der Waals surface area contributed by atoms with Gasteiger partial charge in [-0.3, -0.25) is 4.79 Å². The lowest BCUT2D eigenvalue weighted by Gasteiger charge is -2.10. The molecule has 0 atom stereocenters. The van der Waals surface area contributed by atoms with Crippen molar-refractivity contribution in [3.05, 3.63) is 51.9 Å². The van der Waals surface area contributed by atoms with Crippen molar-refractivity contribution in [2.75, 3.05) is 13.7 Å². The third kappa shape index (κ3) is 3.05. The first-order valence-electron chi connectivity index (χ1n) is 6.19. The van der Waals surface area contributed by atoms with Gasteiger partial charge in [0.15, 0.2) is 5.82 Å². The SMILES string of the molecule is C=C(OCC)c1cnn(-c2cccc(OC)n2)c(=O)c1Cl. The van der Waals surface area contributed by atoms with Crippen molar-refractivity contribution in [3.8, 4) is 11.7 Å². The molecule has 7 heteroatoms. The molecule has 0 spiro atoms. The van der Waals surface area contributed by atoms with Gasteiger partial charge >= 0.3 is 0 Å². The molecule has 0 aliphatic carbocycles. The molecule has 2 heterocycles. The van der Waals surface area contributed by atoms with Crippen LogP contribution in [0.2, 0.25) is 5.02 Å². The maximum absolute atomic E-state index is 12.3. The molecule has 0 N–H and O–H groups in total. The monoisotopic (exact) mass is 307 g/mol. The van der Waals surface area contributed by atoms with E-state index in [2.05, 4.69) is 16.7 Å². The van der Waals surface area contributed by atoms with Crippen molar-refractivity contribution in [3.63, 3.8) is 0 Å². The number of aromatic nitrogens is 3. The molecule has 0 radical (unpaired) electrons. The Labute approximate surface area is 126 Å². The quantitative estimate of drug-likeness (QED) is 0.793. The molecule has 2 rings (SSSR count). The zero-order chi connectivity index (χ0) is 15.4. The molecule has 0 amide bonds. The molecule has 0 aromatic carbocycles. The van der Waals surface area contributed by atoms with E-state index in [1.54, 1.807) is 18.2 Å². The molecule has 2 aromatic heterocycles. The third-order valence-electron chi connectivity index (χ3n) is 2.67. The predicted octanol–water partition coefficient (Wildman–Crippen LogP) is 2.30. The normalized spacial score (nSPS) is 10.2. The lowest BCUT2D eigenvalue weighted by molar-refractivity contribution is 0.299. The Kier molecular flexibility index (Phi) is 4.59. The maximum atomic E-state index is 12.3. The van der Waals surface area contributed by atoms with Crippen LogP contribution in [0.25, 0.3) is 11.6 Å². The Balaban J connectivity index is 2.50. The minimum Gasteiger partial charge on any atom is -0.494 e. The topological polar surface area (TPSA) is 66.2 Å². The molecule has 0 aliphatic rings. The first-order chi connectivity index (χ1) is 10.1. The van der Waals surface area contributed by atoms with Crippen LogP contribution in [0.15, 0.2) is 35.8 Å². The highest BCUT2D eigenvalue weighted by Crippen LogP contribution is 2.20. The third-order valence-corrected chi connectivity index (χ3v) is 3.04. The van der Waals surface area contributed by atoms with Crippen LogP contribution in [0.3, 0.4) is 0 Å². The van der Waals surface area contributed by atoms with Gasteiger partial charge in [-0.05, 0) is 13.0 Å². The van der Waals surface area contributed by atoms with Crippen molar-refractivity contribution < 1.29 is 9.47 Å². The van der Waals surface area contributed by atoms with Crippen LogP contribution in [0, 0.1) is 0 Å². The number of methoxy groups -OCH3 is 1. The van der Waals surface area contributed by atoms with Crippen molar-refractivity contribution >= 4 is 17.4 Å². The van der Waals surface area contributed by atoms with Crippen LogP contribution in [0.4, 0.5) is 0 Å². The lowest BCUT2D eigenvalue weighted by atomic mass is 10.2. The largest absolute Gasteiger partial charge is 0.494 e. The van der Waals surface area contributed by atoms with Crippen LogP contribution >= 0.6 is 11.6 Å². The standard InChI is InChI=1S/C14H14ClN3O3/c1-4-21-9(2)10-8-16-18(14(19)13(10)15)11-6-5-7-12(17-11)20-3/h5-8H,2,4H2,1,3H3. The van der Waals surface area contributed by atoms with Gasteiger partial charge < -0.3 is 9.47 Å². The Morgan fingerprint density at radius 2 is 2.24 bits per heavy atom. The summed E-state index contributed by atoms with van der Waals surface area (Å²) in [6.45, 7) is 5.96. The van der Waals surface area contributed by atoms with Crippen LogP contribution < -0.4 is 10.3 Å². The molecule has 0 saturated heterocycles. The summed E-state index contributed by atoms with van der Waals surface area (Å²) < 4.78 is 11.4. The number of pyridine rings is 1. The van der Waals surface area contributed by atoms with E-state index in [1.807, 2.05) is 6.92 Å². The number of nitrogens with zero attached hydrogens (tertiary/aromatic N) is 3. The van der Waals surface area contributed by atoms with E-state index in [9.17, 15) is 4.79 Å². The van der Waals surface area contributed by atoms with Gasteiger partial charge in [0, 0.05) is 6.07 Å². The lowest BCUT2D eigenvalue weighted by Crippen LogP contribution is -2.23. The average Bonchev–Trinajstić information content (AvgIpc) is 2.50. The minimum absolute atomic E-state index is 0.0203. The summed E-state index contributed by atoms with van der Waals surface area (Å²) in [5.41, 5.74) is -0.140. The highest BCUT2D eigenvalue weighted by atomic mass is 35.5. The van der Waals surface area contributed by atoms with Crippen LogP contribution in [-0.4, -0.2) is 28.5 Å². The molecule has 0 unspecified atom stereocenters. The van der Waals surface area contributed by atoms with E-state index >= 15 is 0 Å². The second-order valence-electron chi connectivity index (χ2n) is 3.98. The first kappa shape index (κ1) is 15.1. The molecule has 110 valence electrons. The fraction of sp³-hybridized carbons (Fsp3) is 0.214. The van der Waals surface area contributed by atoms with Gasteiger partial charge in [0.25, 0.3) is 5.56 Å². The average molecular weight is 308 g/mol. The van der Waals surface area contributed by atoms with Gasteiger partial charge in [0.05, 0.1) is 25.5 Å². The number of rotatable bonds is 5. The van der Waals surface area contributed by atoms with Crippen LogP contribution in [0.1, 0.15) is 12.5 Å². The summed E-state index contributed by atoms with van der Waals surface area (Å²) in [4.78, 5) is 16.4. The number of hydrogen-bond donors (Lipinski definition) is 0. The van der Waals surface area contributed by atoms with E-state index < -0.39 is 5.56 Å². The van der Waals surface area contributed by atoms with Crippen molar-refractivity contribution in [1.29, 1.82) is 0 Å². The van der Waals surface area contributed by atoms with Gasteiger partial charge in [0.2, 0.25) is 5.88 Å². The zero-order valence-electron chi connectivity index (χ0n) is 11.7. The van der Waals surface area contributed by atoms with E-state index in [1.165, 1.54) is 13.3 Å². The second kappa shape index (κ2) is 6.41. The minimum atomic E-state index is -0.504. The van der Waals surface area contributed by atoms with Crippen LogP contribution in [-0.2, 0) is 4.74 Å². The smallest absolute Gasteiger partial charge is 0.292 e. The summed E-state index contributed by atoms with van der Waals surface area (Å²) in [7, 11) is 1.49. The number of halogens is 1. The molecule has 0 aliphatic heterocycles. The van der Waals surface area contributed by atoms with Gasteiger partial charge in [-0.15, -0.1) is 0 Å². The highest BCUT2D eigenvalue weighted by molar-refractivity contribution is 6.32. The summed E-state index contributed by atoms with van der Waals surface area (Å²) in [5.74, 6) is 0.993. The molecule has 6 nitrogen and oxygen atoms in total. The molecule has 2 aromatic rings. The van der Waals surface area contributed by atoms with Gasteiger partial charge in [0.1, 0.15) is 10.8 Å². The van der Waals surface area contributed by atoms with E-state index in [0.29, 0.717) is 29.6 Å². The van der Waals surface area contributed by atoms with Gasteiger partial charge in [-0.2, -0.15) is 14.8 Å². The molecule has 0 fully saturated rings. The van der Waals surface area contributed by atoms with E-state index in [4.69, 9.17) is 21.1 Å². The Morgan fingerprint density at radius 3 is 2.90 bits per heavy atom. The number of ether oxygens (including phenoxy) is 2. The van der Waals surface area contributed by atoms with Crippen molar-refractivity contribution in [1.82, 2.24) is 14.8 Å². The Morgan fingerprint density at radius 1 is 1.48 bits per heavy atom. The van der Waals surface area contributed by atoms with Gasteiger partial charge in [-0.25, -0.2) is 0 Å². The summed E-state index contributed by atoms with van der Waals surface area (Å²) in [5, 5.41) is 4.03. The second-order valence-corrected chi connectivity index (χ2v) is 4.36. The molecule has 0 saturated carbocycles. The van der Waals surface area contributed by atoms with Crippen LogP contribution in [0.5, 0.6) is 5.88 Å². The fourth-order valence-corrected chi connectivity index (χ4v) is 1.91. The van der Waals surface area contributed by atoms with Crippen molar-refractivity contribution in [2.45, 2.75) is 6.92 Å². The Bertz CT molecular complexity index is 728. The summed E-state index contributed by atoms with van der Waals surface area (Å²) in [6, 6.07) is 5.00. The van der Waals surface area contributed by atoms with Gasteiger partial charge in [-0.1, -0.05) is 24.2 Å². The Hall–Kier alpha value is -2.34. The summed E-state index contributed by atoms with van der Waals surface area (Å²) >= 11 is 6.08. The molecular weight excluding hydrogens is 294 g/mol. The van der Waals surface area contributed by atoms with E-state index in [-0.39, 0.29) is 5.02 Å². The van der Waals surface area contributed by atoms with E-state index in [0.717, 1.165) is 4.68 Å². The molecule has 21 heavy (non-hydrogen) atoms. The first-order valence-corrected chi connectivity index (χ1v) is 6.57. The molecular formula is C14H14ClN3O3. The van der Waals surface area contributed by atoms with Crippen molar-refractivity contribution in [2.24, 2.45) is 0 Å². The maximum Gasteiger partial charge on any atom is 0.292 e. The number of hydrogen-bond acceptors (Lipinski definition) is 5. The fourth-order valence-electron chi connectivity index (χ4n) is 1.68. The zero-order valence-corrected chi connectivity index (χ0v) is 12.4. The summed E-state index contributed by atoms with van der Waals surface area (Å²) in [6.07, 6.45) is 1.42. The highest BCUT2D eigenvalue weighted by Gasteiger charge is 2.14. The molecule has 0 bridgehead atoms.